The Hall–Kier alpha value is -2.47. The van der Waals surface area contributed by atoms with Crippen LogP contribution in [0.2, 0.25) is 0 Å². The fraction of sp³-hybridized carbons (Fsp3) is 0.133. The lowest BCUT2D eigenvalue weighted by Gasteiger charge is -2.15. The number of aryl methyl sites for hydroxylation is 1. The molecule has 0 spiro atoms. The van der Waals surface area contributed by atoms with E-state index in [4.69, 9.17) is 0 Å². The van der Waals surface area contributed by atoms with Gasteiger partial charge < -0.3 is 10.4 Å². The minimum Gasteiger partial charge on any atom is -0.479 e. The van der Waals surface area contributed by atoms with Crippen molar-refractivity contribution >= 4 is 33.9 Å². The number of rotatable bonds is 4. The van der Waals surface area contributed by atoms with Crippen molar-refractivity contribution in [1.82, 2.24) is 10.2 Å². The maximum atomic E-state index is 11.5. The summed E-state index contributed by atoms with van der Waals surface area (Å²) in [6, 6.07) is 10.5. The standard InChI is InChI=1S/C15H13N3O2S/c1-9-10-5-2-3-6-11(10)14(18-17-9)16-13(15(19)20)12-7-4-8-21-12/h2-8,13H,1H3,(H,16,18)(H,19,20). The van der Waals surface area contributed by atoms with Crippen LogP contribution >= 0.6 is 11.3 Å². The molecule has 1 unspecified atom stereocenters. The van der Waals surface area contributed by atoms with Gasteiger partial charge in [0.2, 0.25) is 0 Å². The van der Waals surface area contributed by atoms with Gasteiger partial charge in [0.1, 0.15) is 0 Å². The number of hydrogen-bond donors (Lipinski definition) is 2. The largest absolute Gasteiger partial charge is 0.479 e. The van der Waals surface area contributed by atoms with Crippen molar-refractivity contribution in [3.8, 4) is 0 Å². The number of carboxylic acid groups (broad SMARTS) is 1. The fourth-order valence-corrected chi connectivity index (χ4v) is 2.96. The molecule has 2 heterocycles. The summed E-state index contributed by atoms with van der Waals surface area (Å²) < 4.78 is 0. The van der Waals surface area contributed by atoms with E-state index in [1.54, 1.807) is 6.07 Å². The summed E-state index contributed by atoms with van der Waals surface area (Å²) in [5.74, 6) is -0.457. The molecular weight excluding hydrogens is 286 g/mol. The van der Waals surface area contributed by atoms with Crippen LogP contribution in [-0.2, 0) is 4.79 Å². The second kappa shape index (κ2) is 5.49. The molecule has 5 nitrogen and oxygen atoms in total. The van der Waals surface area contributed by atoms with E-state index in [1.807, 2.05) is 42.6 Å². The van der Waals surface area contributed by atoms with Crippen molar-refractivity contribution in [2.45, 2.75) is 13.0 Å². The van der Waals surface area contributed by atoms with Crippen molar-refractivity contribution in [2.75, 3.05) is 5.32 Å². The molecule has 21 heavy (non-hydrogen) atoms. The third kappa shape index (κ3) is 2.57. The zero-order valence-corrected chi connectivity index (χ0v) is 12.1. The van der Waals surface area contributed by atoms with Crippen molar-refractivity contribution in [1.29, 1.82) is 0 Å². The zero-order valence-electron chi connectivity index (χ0n) is 11.3. The molecule has 0 aliphatic rings. The van der Waals surface area contributed by atoms with Crippen LogP contribution in [0.15, 0.2) is 41.8 Å². The molecule has 106 valence electrons. The summed E-state index contributed by atoms with van der Waals surface area (Å²) in [5, 5.41) is 24.3. The lowest BCUT2D eigenvalue weighted by molar-refractivity contribution is -0.138. The molecule has 0 radical (unpaired) electrons. The maximum absolute atomic E-state index is 11.5. The maximum Gasteiger partial charge on any atom is 0.331 e. The number of benzene rings is 1. The number of nitrogens with zero attached hydrogens (tertiary/aromatic N) is 2. The Balaban J connectivity index is 2.05. The Morgan fingerprint density at radius 3 is 2.62 bits per heavy atom. The minimum atomic E-state index is -0.941. The molecule has 2 aromatic heterocycles. The Bertz CT molecular complexity index is 787. The van der Waals surface area contributed by atoms with Gasteiger partial charge in [0, 0.05) is 15.6 Å². The van der Waals surface area contributed by atoms with Gasteiger partial charge in [-0.2, -0.15) is 5.10 Å². The van der Waals surface area contributed by atoms with Crippen LogP contribution in [0.3, 0.4) is 0 Å². The molecule has 3 aromatic rings. The van der Waals surface area contributed by atoms with E-state index < -0.39 is 12.0 Å². The number of carboxylic acids is 1. The van der Waals surface area contributed by atoms with E-state index in [9.17, 15) is 9.90 Å². The molecule has 0 saturated carbocycles. The molecular formula is C15H13N3O2S. The van der Waals surface area contributed by atoms with Crippen molar-refractivity contribution in [3.05, 3.63) is 52.3 Å². The van der Waals surface area contributed by atoms with E-state index in [0.717, 1.165) is 21.3 Å². The Labute approximate surface area is 125 Å². The highest BCUT2D eigenvalue weighted by molar-refractivity contribution is 7.10. The second-order valence-electron chi connectivity index (χ2n) is 4.61. The van der Waals surface area contributed by atoms with Gasteiger partial charge in [0.05, 0.1) is 5.69 Å². The number of hydrogen-bond acceptors (Lipinski definition) is 5. The van der Waals surface area contributed by atoms with Crippen molar-refractivity contribution in [2.24, 2.45) is 0 Å². The molecule has 1 aromatic carbocycles. The number of aromatic nitrogens is 2. The van der Waals surface area contributed by atoms with Gasteiger partial charge in [-0.3, -0.25) is 0 Å². The first-order valence-corrected chi connectivity index (χ1v) is 7.29. The summed E-state index contributed by atoms with van der Waals surface area (Å²) in [6.07, 6.45) is 0. The van der Waals surface area contributed by atoms with E-state index in [0.29, 0.717) is 5.82 Å². The van der Waals surface area contributed by atoms with Gasteiger partial charge in [-0.25, -0.2) is 4.79 Å². The molecule has 2 N–H and O–H groups in total. The lowest BCUT2D eigenvalue weighted by atomic mass is 10.1. The van der Waals surface area contributed by atoms with E-state index in [1.165, 1.54) is 11.3 Å². The molecule has 6 heteroatoms. The van der Waals surface area contributed by atoms with Crippen LogP contribution < -0.4 is 5.32 Å². The van der Waals surface area contributed by atoms with Gasteiger partial charge in [-0.15, -0.1) is 16.4 Å². The third-order valence-electron chi connectivity index (χ3n) is 3.23. The SMILES string of the molecule is Cc1nnc(NC(C(=O)O)c2cccs2)c2ccccc12. The first-order valence-electron chi connectivity index (χ1n) is 6.41. The average molecular weight is 299 g/mol. The highest BCUT2D eigenvalue weighted by Crippen LogP contribution is 2.28. The molecule has 0 aliphatic heterocycles. The van der Waals surface area contributed by atoms with Crippen LogP contribution in [-0.4, -0.2) is 21.3 Å². The molecule has 3 rings (SSSR count). The normalized spacial score (nSPS) is 12.2. The van der Waals surface area contributed by atoms with Gasteiger partial charge >= 0.3 is 5.97 Å². The summed E-state index contributed by atoms with van der Waals surface area (Å²) in [6.45, 7) is 1.88. The lowest BCUT2D eigenvalue weighted by Crippen LogP contribution is -2.20. The van der Waals surface area contributed by atoms with Crippen molar-refractivity contribution in [3.63, 3.8) is 0 Å². The molecule has 1 atom stereocenters. The second-order valence-corrected chi connectivity index (χ2v) is 5.59. The zero-order chi connectivity index (χ0) is 14.8. The summed E-state index contributed by atoms with van der Waals surface area (Å²) in [5.41, 5.74) is 0.819. The first kappa shape index (κ1) is 13.5. The molecule has 0 bridgehead atoms. The molecule has 0 fully saturated rings. The summed E-state index contributed by atoms with van der Waals surface area (Å²) in [7, 11) is 0. The highest BCUT2D eigenvalue weighted by atomic mass is 32.1. The highest BCUT2D eigenvalue weighted by Gasteiger charge is 2.22. The molecule has 0 amide bonds. The van der Waals surface area contributed by atoms with Gasteiger partial charge in [0.15, 0.2) is 11.9 Å². The van der Waals surface area contributed by atoms with Crippen LogP contribution in [0.5, 0.6) is 0 Å². The van der Waals surface area contributed by atoms with E-state index in [2.05, 4.69) is 15.5 Å². The molecule has 0 saturated heterocycles. The number of aliphatic carboxylic acids is 1. The predicted molar refractivity (Wildman–Crippen MR) is 82.6 cm³/mol. The van der Waals surface area contributed by atoms with Crippen LogP contribution in [0.1, 0.15) is 16.6 Å². The Morgan fingerprint density at radius 2 is 1.95 bits per heavy atom. The third-order valence-corrected chi connectivity index (χ3v) is 4.16. The minimum absolute atomic E-state index is 0.483. The van der Waals surface area contributed by atoms with Gasteiger partial charge in [-0.05, 0) is 18.4 Å². The molecule has 0 aliphatic carbocycles. The number of thiophene rings is 1. The van der Waals surface area contributed by atoms with Gasteiger partial charge in [-0.1, -0.05) is 30.3 Å². The summed E-state index contributed by atoms with van der Waals surface area (Å²) in [4.78, 5) is 12.2. The number of anilines is 1. The van der Waals surface area contributed by atoms with Gasteiger partial charge in [0.25, 0.3) is 0 Å². The number of carbonyl (C=O) groups is 1. The fourth-order valence-electron chi connectivity index (χ4n) is 2.19. The topological polar surface area (TPSA) is 75.1 Å². The number of nitrogens with one attached hydrogen (secondary N) is 1. The monoisotopic (exact) mass is 299 g/mol. The van der Waals surface area contributed by atoms with E-state index in [-0.39, 0.29) is 0 Å². The quantitative estimate of drug-likeness (QED) is 0.773. The number of fused-ring (bicyclic) bond motifs is 1. The van der Waals surface area contributed by atoms with Crippen LogP contribution in [0.25, 0.3) is 10.8 Å². The van der Waals surface area contributed by atoms with Crippen LogP contribution in [0, 0.1) is 6.92 Å². The average Bonchev–Trinajstić information content (AvgIpc) is 3.00. The smallest absolute Gasteiger partial charge is 0.331 e. The Kier molecular flexibility index (Phi) is 3.53. The predicted octanol–water partition coefficient (Wildman–Crippen LogP) is 3.24. The van der Waals surface area contributed by atoms with E-state index >= 15 is 0 Å². The summed E-state index contributed by atoms with van der Waals surface area (Å²) >= 11 is 1.40. The van der Waals surface area contributed by atoms with Crippen LogP contribution in [0.4, 0.5) is 5.82 Å². The Morgan fingerprint density at radius 1 is 1.19 bits per heavy atom. The first-order chi connectivity index (χ1) is 10.2. The van der Waals surface area contributed by atoms with Crippen molar-refractivity contribution < 1.29 is 9.90 Å².